The minimum Gasteiger partial charge on any atom is -0.289 e. The van der Waals surface area contributed by atoms with Crippen molar-refractivity contribution in [2.75, 3.05) is 18.3 Å². The van der Waals surface area contributed by atoms with Gasteiger partial charge in [0.2, 0.25) is 5.78 Å². The average molecular weight is 263 g/mol. The monoisotopic (exact) mass is 263 g/mol. The lowest BCUT2D eigenvalue weighted by molar-refractivity contribution is 0.102. The summed E-state index contributed by atoms with van der Waals surface area (Å²) in [5, 5.41) is 0. The fourth-order valence-corrected chi connectivity index (χ4v) is 3.41. The Kier molecular flexibility index (Phi) is 4.87. The van der Waals surface area contributed by atoms with Gasteiger partial charge in [0.1, 0.15) is 0 Å². The Morgan fingerprint density at radius 3 is 2.28 bits per heavy atom. The minimum absolute atomic E-state index is 0.195. The van der Waals surface area contributed by atoms with Crippen molar-refractivity contribution >= 4 is 16.7 Å². The Balaban J connectivity index is 2.02. The van der Waals surface area contributed by atoms with Gasteiger partial charge in [0.05, 0.1) is 12.5 Å². The van der Waals surface area contributed by atoms with Crippen LogP contribution in [-0.4, -0.2) is 24.0 Å². The molecular formula is C16H23OS+. The van der Waals surface area contributed by atoms with Gasteiger partial charge < -0.3 is 0 Å². The number of hydrogen-bond acceptors (Lipinski definition) is 1. The van der Waals surface area contributed by atoms with Gasteiger partial charge >= 0.3 is 0 Å². The fourth-order valence-electron chi connectivity index (χ4n) is 2.72. The lowest BCUT2D eigenvalue weighted by Crippen LogP contribution is -2.14. The number of rotatable bonds is 4. The Labute approximate surface area is 113 Å². The summed E-state index contributed by atoms with van der Waals surface area (Å²) in [4.78, 5) is 11.9. The van der Waals surface area contributed by atoms with Crippen molar-refractivity contribution in [2.24, 2.45) is 0 Å². The first-order valence-electron chi connectivity index (χ1n) is 6.84. The van der Waals surface area contributed by atoms with Crippen LogP contribution in [0.4, 0.5) is 0 Å². The van der Waals surface area contributed by atoms with Crippen LogP contribution in [0.3, 0.4) is 0 Å². The highest BCUT2D eigenvalue weighted by molar-refractivity contribution is 7.96. The first-order chi connectivity index (χ1) is 8.66. The molecule has 0 N–H and O–H groups in total. The van der Waals surface area contributed by atoms with E-state index >= 15 is 0 Å². The van der Waals surface area contributed by atoms with Gasteiger partial charge in [-0.3, -0.25) is 4.79 Å². The molecule has 1 nitrogen and oxygen atoms in total. The third kappa shape index (κ3) is 3.61. The number of carbonyl (C=O) groups excluding carboxylic acids is 1. The second kappa shape index (κ2) is 6.42. The maximum absolute atomic E-state index is 11.9. The molecule has 0 aliphatic heterocycles. The molecule has 18 heavy (non-hydrogen) atoms. The SMILES string of the molecule is C[S+](C)CC(=O)c1ccc(C2CCCCC2)cc1. The number of carbonyl (C=O) groups is 1. The summed E-state index contributed by atoms with van der Waals surface area (Å²) >= 11 is 0. The Hall–Kier alpha value is -0.760. The van der Waals surface area contributed by atoms with Crippen LogP contribution in [0.2, 0.25) is 0 Å². The Morgan fingerprint density at radius 1 is 1.11 bits per heavy atom. The van der Waals surface area contributed by atoms with E-state index in [1.165, 1.54) is 37.7 Å². The van der Waals surface area contributed by atoms with Crippen LogP contribution >= 0.6 is 0 Å². The molecule has 1 aliphatic carbocycles. The second-order valence-corrected chi connectivity index (χ2v) is 7.77. The topological polar surface area (TPSA) is 17.1 Å². The zero-order valence-corrected chi connectivity index (χ0v) is 12.3. The van der Waals surface area contributed by atoms with Gasteiger partial charge in [-0.05, 0) is 35.2 Å². The molecular weight excluding hydrogens is 240 g/mol. The summed E-state index contributed by atoms with van der Waals surface area (Å²) in [6.07, 6.45) is 11.0. The van der Waals surface area contributed by atoms with E-state index in [0.29, 0.717) is 11.5 Å². The molecule has 0 unspecified atom stereocenters. The molecule has 0 spiro atoms. The molecule has 1 aliphatic rings. The molecule has 98 valence electrons. The normalized spacial score (nSPS) is 17.1. The zero-order valence-electron chi connectivity index (χ0n) is 11.4. The highest BCUT2D eigenvalue weighted by atomic mass is 32.2. The maximum Gasteiger partial charge on any atom is 0.211 e. The van der Waals surface area contributed by atoms with Crippen LogP contribution in [0.15, 0.2) is 24.3 Å². The zero-order chi connectivity index (χ0) is 13.0. The highest BCUT2D eigenvalue weighted by Crippen LogP contribution is 2.32. The van der Waals surface area contributed by atoms with Gasteiger partial charge in [0, 0.05) is 5.56 Å². The van der Waals surface area contributed by atoms with Crippen LogP contribution in [0.5, 0.6) is 0 Å². The highest BCUT2D eigenvalue weighted by Gasteiger charge is 2.17. The first-order valence-corrected chi connectivity index (χ1v) is 9.05. The first kappa shape index (κ1) is 13.7. The summed E-state index contributed by atoms with van der Waals surface area (Å²) in [5.41, 5.74) is 2.31. The average Bonchev–Trinajstić information content (AvgIpc) is 2.39. The largest absolute Gasteiger partial charge is 0.289 e. The fraction of sp³-hybridized carbons (Fsp3) is 0.562. The van der Waals surface area contributed by atoms with Crippen molar-refractivity contribution < 1.29 is 4.79 Å². The number of ketones is 1. The van der Waals surface area contributed by atoms with Gasteiger partial charge in [-0.25, -0.2) is 0 Å². The predicted octanol–water partition coefficient (Wildman–Crippen LogP) is 3.79. The smallest absolute Gasteiger partial charge is 0.211 e. The van der Waals surface area contributed by atoms with Gasteiger partial charge in [-0.15, -0.1) is 0 Å². The van der Waals surface area contributed by atoms with Gasteiger partial charge in [0.25, 0.3) is 0 Å². The van der Waals surface area contributed by atoms with Crippen LogP contribution in [0.1, 0.15) is 53.9 Å². The molecule has 1 aromatic rings. The van der Waals surface area contributed by atoms with Crippen molar-refractivity contribution in [1.29, 1.82) is 0 Å². The molecule has 0 bridgehead atoms. The Morgan fingerprint density at radius 2 is 1.72 bits per heavy atom. The molecule has 2 heteroatoms. The third-order valence-electron chi connectivity index (χ3n) is 3.73. The van der Waals surface area contributed by atoms with Crippen molar-refractivity contribution in [3.8, 4) is 0 Å². The predicted molar refractivity (Wildman–Crippen MR) is 80.7 cm³/mol. The van der Waals surface area contributed by atoms with Gasteiger partial charge in [-0.1, -0.05) is 43.5 Å². The molecule has 0 heterocycles. The molecule has 0 amide bonds. The van der Waals surface area contributed by atoms with Crippen molar-refractivity contribution in [3.63, 3.8) is 0 Å². The van der Waals surface area contributed by atoms with Crippen molar-refractivity contribution in [3.05, 3.63) is 35.4 Å². The van der Waals surface area contributed by atoms with E-state index in [0.717, 1.165) is 11.5 Å². The standard InChI is InChI=1S/C16H23OS/c1-18(2)12-16(17)15-10-8-14(9-11-15)13-6-4-3-5-7-13/h8-11,13H,3-7,12H2,1-2H3/q+1. The molecule has 0 radical (unpaired) electrons. The summed E-state index contributed by atoms with van der Waals surface area (Å²) < 4.78 is 0. The molecule has 1 aromatic carbocycles. The second-order valence-electron chi connectivity index (χ2n) is 5.51. The summed E-state index contributed by atoms with van der Waals surface area (Å²) in [5.74, 6) is 1.70. The van der Waals surface area contributed by atoms with Crippen LogP contribution < -0.4 is 0 Å². The summed E-state index contributed by atoms with van der Waals surface area (Å²) in [6, 6.07) is 8.40. The van der Waals surface area contributed by atoms with E-state index in [1.54, 1.807) is 0 Å². The third-order valence-corrected chi connectivity index (χ3v) is 4.57. The van der Waals surface area contributed by atoms with E-state index in [1.807, 2.05) is 12.1 Å². The van der Waals surface area contributed by atoms with E-state index < -0.39 is 0 Å². The molecule has 1 fully saturated rings. The summed E-state index contributed by atoms with van der Waals surface area (Å²) in [6.45, 7) is 0. The van der Waals surface area contributed by atoms with Crippen molar-refractivity contribution in [1.82, 2.24) is 0 Å². The van der Waals surface area contributed by atoms with E-state index in [4.69, 9.17) is 0 Å². The Bertz CT molecular complexity index is 388. The van der Waals surface area contributed by atoms with Crippen molar-refractivity contribution in [2.45, 2.75) is 38.0 Å². The summed E-state index contributed by atoms with van der Waals surface area (Å²) in [7, 11) is 0.195. The maximum atomic E-state index is 11.9. The lowest BCUT2D eigenvalue weighted by atomic mass is 9.84. The molecule has 0 saturated heterocycles. The van der Waals surface area contributed by atoms with E-state index in [-0.39, 0.29) is 10.9 Å². The number of benzene rings is 1. The van der Waals surface area contributed by atoms with Crippen LogP contribution in [-0.2, 0) is 10.9 Å². The van der Waals surface area contributed by atoms with Crippen LogP contribution in [0.25, 0.3) is 0 Å². The quantitative estimate of drug-likeness (QED) is 0.596. The number of hydrogen-bond donors (Lipinski definition) is 0. The van der Waals surface area contributed by atoms with E-state index in [9.17, 15) is 4.79 Å². The molecule has 2 rings (SSSR count). The van der Waals surface area contributed by atoms with Gasteiger partial charge in [0.15, 0.2) is 5.75 Å². The van der Waals surface area contributed by atoms with E-state index in [2.05, 4.69) is 24.6 Å². The number of Topliss-reactive ketones (excluding diaryl/α,β-unsaturated/α-hetero) is 1. The van der Waals surface area contributed by atoms with Gasteiger partial charge in [-0.2, -0.15) is 0 Å². The molecule has 1 saturated carbocycles. The van der Waals surface area contributed by atoms with Crippen LogP contribution in [0, 0.1) is 0 Å². The molecule has 0 aromatic heterocycles. The minimum atomic E-state index is 0.195. The molecule has 0 atom stereocenters. The lowest BCUT2D eigenvalue weighted by Gasteiger charge is -2.21.